The Kier molecular flexibility index (Phi) is 5.53. The standard InChI is InChI=1S/C16H23ClN2O3/c1-10-13(17)9-12(3-6-18)15(22-2)14(10)11-4-7-19(8-5-11)16(20)21/h9,11H,3-8,18H2,1-2H3,(H,20,21). The summed E-state index contributed by atoms with van der Waals surface area (Å²) in [6, 6.07) is 1.93. The molecule has 1 amide bonds. The first-order valence-corrected chi connectivity index (χ1v) is 7.91. The van der Waals surface area contributed by atoms with Gasteiger partial charge in [0.2, 0.25) is 0 Å². The van der Waals surface area contributed by atoms with Crippen molar-refractivity contribution in [3.8, 4) is 5.75 Å². The van der Waals surface area contributed by atoms with Crippen LogP contribution in [0.4, 0.5) is 4.79 Å². The van der Waals surface area contributed by atoms with Gasteiger partial charge < -0.3 is 20.5 Å². The summed E-state index contributed by atoms with van der Waals surface area (Å²) in [7, 11) is 1.67. The first kappa shape index (κ1) is 16.9. The maximum absolute atomic E-state index is 11.0. The molecule has 0 unspecified atom stereocenters. The third kappa shape index (κ3) is 3.31. The highest BCUT2D eigenvalue weighted by Gasteiger charge is 2.28. The third-order valence-corrected chi connectivity index (χ3v) is 4.78. The predicted molar refractivity (Wildman–Crippen MR) is 87.1 cm³/mol. The van der Waals surface area contributed by atoms with Crippen LogP contribution in [-0.4, -0.2) is 42.8 Å². The zero-order valence-corrected chi connectivity index (χ0v) is 13.8. The molecule has 2 rings (SSSR count). The number of ether oxygens (including phenoxy) is 1. The van der Waals surface area contributed by atoms with E-state index in [1.807, 2.05) is 13.0 Å². The second-order valence-corrected chi connectivity index (χ2v) is 6.08. The van der Waals surface area contributed by atoms with Crippen molar-refractivity contribution in [3.05, 3.63) is 27.8 Å². The van der Waals surface area contributed by atoms with Gasteiger partial charge in [-0.25, -0.2) is 4.79 Å². The molecular weight excluding hydrogens is 304 g/mol. The van der Waals surface area contributed by atoms with E-state index in [1.165, 1.54) is 4.90 Å². The van der Waals surface area contributed by atoms with Gasteiger partial charge in [-0.15, -0.1) is 0 Å². The monoisotopic (exact) mass is 326 g/mol. The summed E-state index contributed by atoms with van der Waals surface area (Å²) in [5, 5.41) is 9.80. The number of carbonyl (C=O) groups is 1. The molecule has 1 aliphatic rings. The average molecular weight is 327 g/mol. The van der Waals surface area contributed by atoms with Gasteiger partial charge in [0.15, 0.2) is 0 Å². The Morgan fingerprint density at radius 1 is 1.50 bits per heavy atom. The Morgan fingerprint density at radius 3 is 2.64 bits per heavy atom. The number of amides is 1. The molecule has 0 spiro atoms. The zero-order valence-electron chi connectivity index (χ0n) is 13.1. The minimum Gasteiger partial charge on any atom is -0.496 e. The van der Waals surface area contributed by atoms with Crippen molar-refractivity contribution in [1.29, 1.82) is 0 Å². The van der Waals surface area contributed by atoms with Gasteiger partial charge in [0, 0.05) is 23.7 Å². The smallest absolute Gasteiger partial charge is 0.407 e. The van der Waals surface area contributed by atoms with Crippen LogP contribution in [0.25, 0.3) is 0 Å². The Hall–Kier alpha value is -1.46. The average Bonchev–Trinajstić information content (AvgIpc) is 2.50. The van der Waals surface area contributed by atoms with E-state index in [2.05, 4.69) is 0 Å². The van der Waals surface area contributed by atoms with Crippen molar-refractivity contribution in [2.45, 2.75) is 32.1 Å². The van der Waals surface area contributed by atoms with E-state index in [4.69, 9.17) is 27.2 Å². The van der Waals surface area contributed by atoms with Crippen LogP contribution in [0, 0.1) is 6.92 Å². The number of benzene rings is 1. The van der Waals surface area contributed by atoms with Crippen LogP contribution in [-0.2, 0) is 6.42 Å². The molecule has 22 heavy (non-hydrogen) atoms. The molecule has 0 bridgehead atoms. The number of hydrogen-bond donors (Lipinski definition) is 2. The summed E-state index contributed by atoms with van der Waals surface area (Å²) < 4.78 is 5.65. The van der Waals surface area contributed by atoms with Gasteiger partial charge in [0.05, 0.1) is 7.11 Å². The van der Waals surface area contributed by atoms with Crippen LogP contribution >= 0.6 is 11.6 Å². The SMILES string of the molecule is COc1c(CCN)cc(Cl)c(C)c1C1CCN(C(=O)O)CC1. The first-order valence-electron chi connectivity index (χ1n) is 7.53. The lowest BCUT2D eigenvalue weighted by Gasteiger charge is -2.32. The molecule has 0 radical (unpaired) electrons. The van der Waals surface area contributed by atoms with Gasteiger partial charge in [0.1, 0.15) is 5.75 Å². The molecule has 0 aliphatic carbocycles. The molecule has 1 aliphatic heterocycles. The molecular formula is C16H23ClN2O3. The quantitative estimate of drug-likeness (QED) is 0.891. The molecule has 6 heteroatoms. The van der Waals surface area contributed by atoms with E-state index in [9.17, 15) is 4.79 Å². The summed E-state index contributed by atoms with van der Waals surface area (Å²) in [6.07, 6.45) is 1.43. The van der Waals surface area contributed by atoms with Crippen LogP contribution in [0.3, 0.4) is 0 Å². The van der Waals surface area contributed by atoms with Crippen LogP contribution < -0.4 is 10.5 Å². The van der Waals surface area contributed by atoms with E-state index in [0.29, 0.717) is 26.1 Å². The lowest BCUT2D eigenvalue weighted by atomic mass is 9.84. The number of nitrogens with two attached hydrogens (primary N) is 1. The van der Waals surface area contributed by atoms with Crippen molar-refractivity contribution in [3.63, 3.8) is 0 Å². The van der Waals surface area contributed by atoms with Gasteiger partial charge >= 0.3 is 6.09 Å². The maximum Gasteiger partial charge on any atom is 0.407 e. The largest absolute Gasteiger partial charge is 0.496 e. The highest BCUT2D eigenvalue weighted by Crippen LogP contribution is 2.41. The molecule has 5 nitrogen and oxygen atoms in total. The third-order valence-electron chi connectivity index (χ3n) is 4.39. The van der Waals surface area contributed by atoms with Gasteiger partial charge in [-0.3, -0.25) is 0 Å². The Labute approximate surface area is 136 Å². The van der Waals surface area contributed by atoms with Crippen LogP contribution in [0.2, 0.25) is 5.02 Å². The topological polar surface area (TPSA) is 75.8 Å². The van der Waals surface area contributed by atoms with E-state index in [0.717, 1.165) is 40.3 Å². The Bertz CT molecular complexity index is 555. The predicted octanol–water partition coefficient (Wildman–Crippen LogP) is 3.02. The number of piperidine rings is 1. The van der Waals surface area contributed by atoms with E-state index in [-0.39, 0.29) is 5.92 Å². The van der Waals surface area contributed by atoms with Gasteiger partial charge in [-0.1, -0.05) is 11.6 Å². The number of nitrogens with zero attached hydrogens (tertiary/aromatic N) is 1. The van der Waals surface area contributed by atoms with E-state index >= 15 is 0 Å². The fourth-order valence-electron chi connectivity index (χ4n) is 3.23. The second-order valence-electron chi connectivity index (χ2n) is 5.67. The molecule has 1 aromatic carbocycles. The fraction of sp³-hybridized carbons (Fsp3) is 0.562. The highest BCUT2D eigenvalue weighted by molar-refractivity contribution is 6.31. The number of carboxylic acid groups (broad SMARTS) is 1. The zero-order chi connectivity index (χ0) is 16.3. The first-order chi connectivity index (χ1) is 10.5. The van der Waals surface area contributed by atoms with E-state index < -0.39 is 6.09 Å². The van der Waals surface area contributed by atoms with E-state index in [1.54, 1.807) is 7.11 Å². The minimum absolute atomic E-state index is 0.265. The number of halogens is 1. The van der Waals surface area contributed by atoms with Crippen molar-refractivity contribution in [2.24, 2.45) is 5.73 Å². The maximum atomic E-state index is 11.0. The van der Waals surface area contributed by atoms with Crippen LogP contribution in [0.5, 0.6) is 5.75 Å². The molecule has 122 valence electrons. The van der Waals surface area contributed by atoms with Gasteiger partial charge in [-0.05, 0) is 55.8 Å². The molecule has 0 aromatic heterocycles. The summed E-state index contributed by atoms with van der Waals surface area (Å²) in [5.41, 5.74) is 8.84. The van der Waals surface area contributed by atoms with Crippen molar-refractivity contribution in [2.75, 3.05) is 26.7 Å². The summed E-state index contributed by atoms with van der Waals surface area (Å²) in [4.78, 5) is 12.5. The van der Waals surface area contributed by atoms with Gasteiger partial charge in [-0.2, -0.15) is 0 Å². The summed E-state index contributed by atoms with van der Waals surface area (Å²) in [6.45, 7) is 3.62. The number of rotatable bonds is 4. The highest BCUT2D eigenvalue weighted by atomic mass is 35.5. The molecule has 3 N–H and O–H groups in total. The summed E-state index contributed by atoms with van der Waals surface area (Å²) in [5.74, 6) is 1.13. The molecule has 1 fully saturated rings. The van der Waals surface area contributed by atoms with Crippen LogP contribution in [0.1, 0.15) is 35.4 Å². The van der Waals surface area contributed by atoms with Crippen molar-refractivity contribution in [1.82, 2.24) is 4.90 Å². The fourth-order valence-corrected chi connectivity index (χ4v) is 3.47. The molecule has 0 atom stereocenters. The lowest BCUT2D eigenvalue weighted by Crippen LogP contribution is -2.37. The normalized spacial score (nSPS) is 15.9. The summed E-state index contributed by atoms with van der Waals surface area (Å²) >= 11 is 6.38. The number of methoxy groups -OCH3 is 1. The molecule has 1 saturated heterocycles. The molecule has 0 saturated carbocycles. The molecule has 1 heterocycles. The lowest BCUT2D eigenvalue weighted by molar-refractivity contribution is 0.132. The van der Waals surface area contributed by atoms with Gasteiger partial charge in [0.25, 0.3) is 0 Å². The Balaban J connectivity index is 2.35. The second kappa shape index (κ2) is 7.20. The van der Waals surface area contributed by atoms with Crippen molar-refractivity contribution < 1.29 is 14.6 Å². The van der Waals surface area contributed by atoms with Crippen LogP contribution in [0.15, 0.2) is 6.07 Å². The molecule has 1 aromatic rings. The number of hydrogen-bond acceptors (Lipinski definition) is 3. The van der Waals surface area contributed by atoms with Crippen molar-refractivity contribution >= 4 is 17.7 Å². The minimum atomic E-state index is -0.850. The number of likely N-dealkylation sites (tertiary alicyclic amines) is 1. The Morgan fingerprint density at radius 2 is 2.14 bits per heavy atom.